The fourth-order valence-corrected chi connectivity index (χ4v) is 1.49. The van der Waals surface area contributed by atoms with Gasteiger partial charge in [0.25, 0.3) is 5.91 Å². The molecule has 96 valence electrons. The smallest absolute Gasteiger partial charge is 0.261 e. The van der Waals surface area contributed by atoms with E-state index in [1.807, 2.05) is 13.0 Å². The first kappa shape index (κ1) is 14.3. The molecule has 0 saturated carbocycles. The van der Waals surface area contributed by atoms with Crippen molar-refractivity contribution in [3.63, 3.8) is 0 Å². The average molecular weight is 267 g/mol. The third-order valence-corrected chi connectivity index (χ3v) is 2.59. The Morgan fingerprint density at radius 1 is 1.61 bits per heavy atom. The van der Waals surface area contributed by atoms with Gasteiger partial charge in [0.05, 0.1) is 6.07 Å². The highest BCUT2D eigenvalue weighted by atomic mass is 35.5. The first-order chi connectivity index (χ1) is 8.56. The van der Waals surface area contributed by atoms with Crippen LogP contribution in [-0.2, 0) is 4.79 Å². The Bertz CT molecular complexity index is 457. The van der Waals surface area contributed by atoms with E-state index in [2.05, 4.69) is 5.32 Å². The third-order valence-electron chi connectivity index (χ3n) is 2.36. The van der Waals surface area contributed by atoms with Crippen molar-refractivity contribution in [3.8, 4) is 11.8 Å². The number of benzene rings is 1. The summed E-state index contributed by atoms with van der Waals surface area (Å²) >= 11 is 5.81. The fraction of sp³-hybridized carbons (Fsp3) is 0.385. The molecule has 0 fully saturated rings. The molecule has 2 atom stereocenters. The van der Waals surface area contributed by atoms with Crippen LogP contribution in [0.1, 0.15) is 20.3 Å². The quantitative estimate of drug-likeness (QED) is 0.891. The minimum Gasteiger partial charge on any atom is -0.481 e. The van der Waals surface area contributed by atoms with Gasteiger partial charge in [-0.15, -0.1) is 0 Å². The summed E-state index contributed by atoms with van der Waals surface area (Å²) in [6.07, 6.45) is -0.113. The van der Waals surface area contributed by atoms with Gasteiger partial charge >= 0.3 is 0 Å². The zero-order valence-electron chi connectivity index (χ0n) is 10.3. The van der Waals surface area contributed by atoms with Gasteiger partial charge < -0.3 is 10.1 Å². The Morgan fingerprint density at radius 2 is 2.33 bits per heavy atom. The molecule has 0 aromatic heterocycles. The van der Waals surface area contributed by atoms with Crippen molar-refractivity contribution in [3.05, 3.63) is 29.3 Å². The van der Waals surface area contributed by atoms with Crippen LogP contribution in [0, 0.1) is 11.3 Å². The molecule has 0 radical (unpaired) electrons. The van der Waals surface area contributed by atoms with Crippen LogP contribution in [0.2, 0.25) is 5.02 Å². The minimum atomic E-state index is -0.675. The van der Waals surface area contributed by atoms with E-state index in [0.29, 0.717) is 17.2 Å². The molecule has 0 aliphatic heterocycles. The standard InChI is InChI=1S/C13H15ClN2O2/c1-3-11(8-15)16-13(17)9(2)18-12-6-4-5-10(14)7-12/h4-7,9,11H,3H2,1-2H3,(H,16,17). The van der Waals surface area contributed by atoms with Crippen LogP contribution < -0.4 is 10.1 Å². The number of carbonyl (C=O) groups excluding carboxylic acids is 1. The summed E-state index contributed by atoms with van der Waals surface area (Å²) in [7, 11) is 0. The summed E-state index contributed by atoms with van der Waals surface area (Å²) < 4.78 is 5.44. The second kappa shape index (κ2) is 6.87. The lowest BCUT2D eigenvalue weighted by Gasteiger charge is -2.16. The Kier molecular flexibility index (Phi) is 5.47. The van der Waals surface area contributed by atoms with Crippen LogP contribution in [0.3, 0.4) is 0 Å². The number of carbonyl (C=O) groups is 1. The maximum absolute atomic E-state index is 11.7. The molecule has 0 aliphatic carbocycles. The van der Waals surface area contributed by atoms with Crippen molar-refractivity contribution in [1.82, 2.24) is 5.32 Å². The lowest BCUT2D eigenvalue weighted by atomic mass is 10.2. The average Bonchev–Trinajstić information content (AvgIpc) is 2.35. The SMILES string of the molecule is CCC(C#N)NC(=O)C(C)Oc1cccc(Cl)c1. The molecule has 0 heterocycles. The van der Waals surface area contributed by atoms with Crippen molar-refractivity contribution in [2.75, 3.05) is 0 Å². The number of rotatable bonds is 5. The van der Waals surface area contributed by atoms with Crippen molar-refractivity contribution in [1.29, 1.82) is 5.26 Å². The molecular formula is C13H15ClN2O2. The summed E-state index contributed by atoms with van der Waals surface area (Å²) in [6.45, 7) is 3.46. The predicted octanol–water partition coefficient (Wildman–Crippen LogP) is 2.53. The summed E-state index contributed by atoms with van der Waals surface area (Å²) in [4.78, 5) is 11.7. The number of nitrogens with one attached hydrogen (secondary N) is 1. The Balaban J connectivity index is 2.58. The van der Waals surface area contributed by atoms with Crippen LogP contribution in [0.15, 0.2) is 24.3 Å². The molecular weight excluding hydrogens is 252 g/mol. The second-order valence-corrected chi connectivity index (χ2v) is 4.25. The number of ether oxygens (including phenoxy) is 1. The van der Waals surface area contributed by atoms with Crippen LogP contribution in [0.4, 0.5) is 0 Å². The molecule has 0 aliphatic rings. The third kappa shape index (κ3) is 4.27. The number of hydrogen-bond acceptors (Lipinski definition) is 3. The summed E-state index contributed by atoms with van der Waals surface area (Å²) in [5.74, 6) is 0.207. The lowest BCUT2D eigenvalue weighted by Crippen LogP contribution is -2.41. The Labute approximate surface area is 112 Å². The van der Waals surface area contributed by atoms with E-state index < -0.39 is 12.1 Å². The zero-order valence-corrected chi connectivity index (χ0v) is 11.1. The number of hydrogen-bond donors (Lipinski definition) is 1. The van der Waals surface area contributed by atoms with Crippen molar-refractivity contribution in [2.24, 2.45) is 0 Å². The highest BCUT2D eigenvalue weighted by Crippen LogP contribution is 2.18. The number of amides is 1. The highest BCUT2D eigenvalue weighted by molar-refractivity contribution is 6.30. The van der Waals surface area contributed by atoms with Crippen LogP contribution in [0.5, 0.6) is 5.75 Å². The second-order valence-electron chi connectivity index (χ2n) is 3.82. The molecule has 2 unspecified atom stereocenters. The highest BCUT2D eigenvalue weighted by Gasteiger charge is 2.17. The topological polar surface area (TPSA) is 62.1 Å². The van der Waals surface area contributed by atoms with E-state index in [-0.39, 0.29) is 5.91 Å². The van der Waals surface area contributed by atoms with Crippen molar-refractivity contribution in [2.45, 2.75) is 32.4 Å². The molecule has 18 heavy (non-hydrogen) atoms. The molecule has 1 aromatic rings. The van der Waals surface area contributed by atoms with Gasteiger partial charge in [-0.1, -0.05) is 24.6 Å². The largest absolute Gasteiger partial charge is 0.481 e. The molecule has 1 amide bonds. The van der Waals surface area contributed by atoms with Gasteiger partial charge in [-0.25, -0.2) is 0 Å². The van der Waals surface area contributed by atoms with Crippen LogP contribution in [0.25, 0.3) is 0 Å². The van der Waals surface area contributed by atoms with E-state index >= 15 is 0 Å². The van der Waals surface area contributed by atoms with Gasteiger partial charge in [0.2, 0.25) is 0 Å². The first-order valence-corrected chi connectivity index (χ1v) is 6.06. The summed E-state index contributed by atoms with van der Waals surface area (Å²) in [5, 5.41) is 11.9. The predicted molar refractivity (Wildman–Crippen MR) is 69.4 cm³/mol. The van der Waals surface area contributed by atoms with Crippen molar-refractivity contribution < 1.29 is 9.53 Å². The van der Waals surface area contributed by atoms with Crippen LogP contribution >= 0.6 is 11.6 Å². The molecule has 1 rings (SSSR count). The summed E-state index contributed by atoms with van der Waals surface area (Å²) in [5.41, 5.74) is 0. The molecule has 0 spiro atoms. The molecule has 1 aromatic carbocycles. The van der Waals surface area contributed by atoms with Gasteiger partial charge in [-0.2, -0.15) is 5.26 Å². The van der Waals surface area contributed by atoms with E-state index in [1.165, 1.54) is 0 Å². The number of halogens is 1. The molecule has 0 saturated heterocycles. The maximum Gasteiger partial charge on any atom is 0.261 e. The normalized spacial score (nSPS) is 13.2. The number of nitriles is 1. The first-order valence-electron chi connectivity index (χ1n) is 5.69. The maximum atomic E-state index is 11.7. The van der Waals surface area contributed by atoms with Gasteiger partial charge in [-0.3, -0.25) is 4.79 Å². The Morgan fingerprint density at radius 3 is 2.89 bits per heavy atom. The molecule has 4 nitrogen and oxygen atoms in total. The lowest BCUT2D eigenvalue weighted by molar-refractivity contribution is -0.127. The van der Waals surface area contributed by atoms with E-state index in [1.54, 1.807) is 31.2 Å². The molecule has 1 N–H and O–H groups in total. The molecule has 5 heteroatoms. The zero-order chi connectivity index (χ0) is 13.5. The van der Waals surface area contributed by atoms with Crippen LogP contribution in [-0.4, -0.2) is 18.1 Å². The van der Waals surface area contributed by atoms with E-state index in [0.717, 1.165) is 0 Å². The van der Waals surface area contributed by atoms with E-state index in [9.17, 15) is 4.79 Å². The monoisotopic (exact) mass is 266 g/mol. The minimum absolute atomic E-state index is 0.316. The van der Waals surface area contributed by atoms with E-state index in [4.69, 9.17) is 21.6 Å². The van der Waals surface area contributed by atoms with Gasteiger partial charge in [0, 0.05) is 5.02 Å². The summed E-state index contributed by atoms with van der Waals surface area (Å²) in [6, 6.07) is 8.34. The van der Waals surface area contributed by atoms with Gasteiger partial charge in [0.15, 0.2) is 6.10 Å². The van der Waals surface area contributed by atoms with Gasteiger partial charge in [0.1, 0.15) is 11.8 Å². The number of nitrogens with zero attached hydrogens (tertiary/aromatic N) is 1. The van der Waals surface area contributed by atoms with Gasteiger partial charge in [-0.05, 0) is 31.5 Å². The van der Waals surface area contributed by atoms with Crippen molar-refractivity contribution >= 4 is 17.5 Å². The fourth-order valence-electron chi connectivity index (χ4n) is 1.31. The molecule has 0 bridgehead atoms. The Hall–Kier alpha value is -1.73.